The highest BCUT2D eigenvalue weighted by Gasteiger charge is 2.13. The number of pyridine rings is 1. The van der Waals surface area contributed by atoms with Crippen LogP contribution in [0.1, 0.15) is 23.2 Å². The normalized spacial score (nSPS) is 11.0. The topological polar surface area (TPSA) is 124 Å². The summed E-state index contributed by atoms with van der Waals surface area (Å²) in [6, 6.07) is 11.3. The number of nitrogens with one attached hydrogen (secondary N) is 1. The van der Waals surface area contributed by atoms with Crippen LogP contribution in [-0.2, 0) is 6.42 Å². The lowest BCUT2D eigenvalue weighted by Gasteiger charge is -2.12. The molecule has 0 spiro atoms. The molecule has 4 aromatic rings. The Bertz CT molecular complexity index is 1270. The second-order valence-corrected chi connectivity index (χ2v) is 7.43. The van der Waals surface area contributed by atoms with Crippen molar-refractivity contribution in [1.82, 2.24) is 19.4 Å². The van der Waals surface area contributed by atoms with Crippen molar-refractivity contribution in [2.45, 2.75) is 26.7 Å². The van der Waals surface area contributed by atoms with Crippen LogP contribution < -0.4 is 11.1 Å². The smallest absolute Gasteiger partial charge is 0.311 e. The summed E-state index contributed by atoms with van der Waals surface area (Å²) in [6.07, 6.45) is 5.02. The summed E-state index contributed by atoms with van der Waals surface area (Å²) in [6.45, 7) is 4.78. The molecule has 0 saturated heterocycles. The number of aryl methyl sites for hydroxylation is 3. The zero-order valence-electron chi connectivity index (χ0n) is 17.4. The number of rotatable bonds is 7. The van der Waals surface area contributed by atoms with Crippen LogP contribution >= 0.6 is 0 Å². The molecule has 0 aliphatic heterocycles. The van der Waals surface area contributed by atoms with Crippen LogP contribution in [0.2, 0.25) is 0 Å². The molecule has 3 N–H and O–H groups in total. The molecule has 0 fully saturated rings. The highest BCUT2D eigenvalue weighted by Crippen LogP contribution is 2.26. The molecule has 3 aromatic heterocycles. The first-order chi connectivity index (χ1) is 14.9. The molecule has 0 aliphatic rings. The Morgan fingerprint density at radius 1 is 1.16 bits per heavy atom. The largest absolute Gasteiger partial charge is 0.378 e. The summed E-state index contributed by atoms with van der Waals surface area (Å²) in [5, 5.41) is 14.2. The lowest BCUT2D eigenvalue weighted by Crippen LogP contribution is -2.10. The predicted octanol–water partition coefficient (Wildman–Crippen LogP) is 3.94. The van der Waals surface area contributed by atoms with Crippen molar-refractivity contribution in [3.8, 4) is 11.3 Å². The third-order valence-corrected chi connectivity index (χ3v) is 5.11. The molecule has 0 atom stereocenters. The Morgan fingerprint density at radius 3 is 2.77 bits per heavy atom. The molecular formula is C22H23N7O2. The maximum Gasteiger partial charge on any atom is 0.311 e. The fourth-order valence-corrected chi connectivity index (χ4v) is 3.47. The third-order valence-electron chi connectivity index (χ3n) is 5.11. The molecule has 4 rings (SSSR count). The number of nitro groups is 1. The number of nitrogens with zero attached hydrogens (tertiary/aromatic N) is 5. The number of nitrogen functional groups attached to an aromatic ring is 1. The van der Waals surface area contributed by atoms with Gasteiger partial charge in [-0.3, -0.25) is 14.5 Å². The predicted molar refractivity (Wildman–Crippen MR) is 120 cm³/mol. The quantitative estimate of drug-likeness (QED) is 0.265. The van der Waals surface area contributed by atoms with Gasteiger partial charge in [0.25, 0.3) is 0 Å². The monoisotopic (exact) mass is 417 g/mol. The summed E-state index contributed by atoms with van der Waals surface area (Å²) in [5.41, 5.74) is 11.3. The number of hydrogen-bond acceptors (Lipinski definition) is 7. The van der Waals surface area contributed by atoms with E-state index in [1.165, 1.54) is 11.6 Å². The van der Waals surface area contributed by atoms with Crippen LogP contribution in [0, 0.1) is 24.0 Å². The first-order valence-electron chi connectivity index (χ1n) is 9.98. The van der Waals surface area contributed by atoms with E-state index in [1.807, 2.05) is 16.7 Å². The molecule has 0 unspecified atom stereocenters. The standard InChI is InChI=1S/C22H23N7O2/c1-14-5-6-15(2)17(12-14)18-13-20-24-10-11-28(20)22(27-18)25-9-3-4-16-7-8-19(29(30)31)21(23)26-16/h5-8,10-13H,3-4,9H2,1-2H3,(H2,23,26)(H,25,27). The van der Waals surface area contributed by atoms with E-state index in [4.69, 9.17) is 10.7 Å². The van der Waals surface area contributed by atoms with Gasteiger partial charge in [0.15, 0.2) is 0 Å². The summed E-state index contributed by atoms with van der Waals surface area (Å²) < 4.78 is 1.91. The zero-order valence-corrected chi connectivity index (χ0v) is 17.4. The van der Waals surface area contributed by atoms with Gasteiger partial charge in [0.05, 0.1) is 10.6 Å². The van der Waals surface area contributed by atoms with Crippen molar-refractivity contribution in [2.75, 3.05) is 17.6 Å². The molecule has 1 aromatic carbocycles. The van der Waals surface area contributed by atoms with Gasteiger partial charge in [0.2, 0.25) is 11.8 Å². The minimum atomic E-state index is -0.529. The number of fused-ring (bicyclic) bond motifs is 1. The zero-order chi connectivity index (χ0) is 22.0. The van der Waals surface area contributed by atoms with Crippen LogP contribution in [0.4, 0.5) is 17.5 Å². The number of hydrogen-bond donors (Lipinski definition) is 2. The van der Waals surface area contributed by atoms with E-state index in [2.05, 4.69) is 47.3 Å². The second-order valence-electron chi connectivity index (χ2n) is 7.43. The van der Waals surface area contributed by atoms with Gasteiger partial charge in [-0.2, -0.15) is 0 Å². The molecule has 0 saturated carbocycles. The SMILES string of the molecule is Cc1ccc(C)c(-c2cc3nccn3c(NCCCc3ccc([N+](=O)[O-])c(N)n3)n2)c1. The first kappa shape index (κ1) is 20.3. The highest BCUT2D eigenvalue weighted by atomic mass is 16.6. The molecule has 0 amide bonds. The Kier molecular flexibility index (Phi) is 5.48. The van der Waals surface area contributed by atoms with Gasteiger partial charge in [0.1, 0.15) is 5.65 Å². The Balaban J connectivity index is 1.50. The fraction of sp³-hybridized carbons (Fsp3) is 0.227. The number of anilines is 2. The maximum absolute atomic E-state index is 10.9. The minimum absolute atomic E-state index is 0.0570. The first-order valence-corrected chi connectivity index (χ1v) is 9.98. The van der Waals surface area contributed by atoms with Gasteiger partial charge in [-0.1, -0.05) is 17.7 Å². The van der Waals surface area contributed by atoms with E-state index in [-0.39, 0.29) is 11.5 Å². The van der Waals surface area contributed by atoms with Gasteiger partial charge in [-0.15, -0.1) is 0 Å². The number of benzene rings is 1. The van der Waals surface area contributed by atoms with E-state index < -0.39 is 4.92 Å². The van der Waals surface area contributed by atoms with Crippen LogP contribution in [0.5, 0.6) is 0 Å². The number of aromatic nitrogens is 4. The van der Waals surface area contributed by atoms with E-state index in [0.717, 1.165) is 34.6 Å². The van der Waals surface area contributed by atoms with Crippen molar-refractivity contribution in [3.63, 3.8) is 0 Å². The highest BCUT2D eigenvalue weighted by molar-refractivity contribution is 5.69. The van der Waals surface area contributed by atoms with Gasteiger partial charge in [0, 0.05) is 42.3 Å². The molecule has 3 heterocycles. The number of imidazole rings is 1. The maximum atomic E-state index is 10.9. The molecular weight excluding hydrogens is 394 g/mol. The van der Waals surface area contributed by atoms with Crippen molar-refractivity contribution < 1.29 is 4.92 Å². The van der Waals surface area contributed by atoms with E-state index >= 15 is 0 Å². The molecule has 0 bridgehead atoms. The molecule has 0 radical (unpaired) electrons. The van der Waals surface area contributed by atoms with Gasteiger partial charge < -0.3 is 11.1 Å². The summed E-state index contributed by atoms with van der Waals surface area (Å²) in [7, 11) is 0. The van der Waals surface area contributed by atoms with Crippen molar-refractivity contribution >= 4 is 23.1 Å². The van der Waals surface area contributed by atoms with Gasteiger partial charge in [-0.05, 0) is 44.4 Å². The lowest BCUT2D eigenvalue weighted by molar-refractivity contribution is -0.384. The summed E-state index contributed by atoms with van der Waals surface area (Å²) in [4.78, 5) is 23.7. The fourth-order valence-electron chi connectivity index (χ4n) is 3.47. The lowest BCUT2D eigenvalue weighted by atomic mass is 10.0. The Hall–Kier alpha value is -4.01. The van der Waals surface area contributed by atoms with Crippen molar-refractivity contribution in [3.05, 3.63) is 75.7 Å². The molecule has 9 heteroatoms. The molecule has 158 valence electrons. The average molecular weight is 417 g/mol. The molecule has 0 aliphatic carbocycles. The minimum Gasteiger partial charge on any atom is -0.378 e. The van der Waals surface area contributed by atoms with E-state index in [9.17, 15) is 10.1 Å². The Morgan fingerprint density at radius 2 is 2.00 bits per heavy atom. The molecule has 9 nitrogen and oxygen atoms in total. The summed E-state index contributed by atoms with van der Waals surface area (Å²) in [5.74, 6) is 0.653. The molecule has 31 heavy (non-hydrogen) atoms. The van der Waals surface area contributed by atoms with E-state index in [1.54, 1.807) is 12.3 Å². The van der Waals surface area contributed by atoms with Crippen LogP contribution in [0.3, 0.4) is 0 Å². The van der Waals surface area contributed by atoms with Gasteiger partial charge in [-0.25, -0.2) is 15.0 Å². The third kappa shape index (κ3) is 4.30. The van der Waals surface area contributed by atoms with Crippen molar-refractivity contribution in [2.24, 2.45) is 0 Å². The van der Waals surface area contributed by atoms with Crippen molar-refractivity contribution in [1.29, 1.82) is 0 Å². The van der Waals surface area contributed by atoms with Gasteiger partial charge >= 0.3 is 5.69 Å². The average Bonchev–Trinajstić information content (AvgIpc) is 3.21. The van der Waals surface area contributed by atoms with Crippen LogP contribution in [0.25, 0.3) is 16.9 Å². The second kappa shape index (κ2) is 8.39. The Labute approximate surface area is 179 Å². The van der Waals surface area contributed by atoms with Crippen LogP contribution in [-0.4, -0.2) is 30.8 Å². The van der Waals surface area contributed by atoms with Crippen LogP contribution in [0.15, 0.2) is 48.8 Å². The summed E-state index contributed by atoms with van der Waals surface area (Å²) >= 11 is 0. The van der Waals surface area contributed by atoms with E-state index in [0.29, 0.717) is 18.9 Å². The number of nitrogens with two attached hydrogens (primary N) is 1.